The fraction of sp³-hybridized carbons (Fsp3) is 0.469. The number of alkyl halides is 2. The van der Waals surface area contributed by atoms with Crippen LogP contribution in [-0.4, -0.2) is 59.1 Å². The highest BCUT2D eigenvalue weighted by Gasteiger charge is 2.27. The van der Waals surface area contributed by atoms with Crippen molar-refractivity contribution in [2.75, 3.05) is 13.7 Å². The summed E-state index contributed by atoms with van der Waals surface area (Å²) < 4.78 is 47.4. The first-order chi connectivity index (χ1) is 22.1. The lowest BCUT2D eigenvalue weighted by Gasteiger charge is -2.31. The lowest BCUT2D eigenvalue weighted by Crippen LogP contribution is -2.38. The van der Waals surface area contributed by atoms with Crippen molar-refractivity contribution in [2.45, 2.75) is 77.2 Å². The first-order valence-corrected chi connectivity index (χ1v) is 15.3. The van der Waals surface area contributed by atoms with Gasteiger partial charge in [0.1, 0.15) is 17.1 Å². The highest BCUT2D eigenvalue weighted by atomic mass is 19.3. The zero-order valence-electron chi connectivity index (χ0n) is 25.7. The molecule has 1 unspecified atom stereocenters. The lowest BCUT2D eigenvalue weighted by molar-refractivity contribution is -0.0515. The van der Waals surface area contributed by atoms with Crippen molar-refractivity contribution in [1.29, 1.82) is 0 Å². The Bertz CT molecular complexity index is 1560. The number of ether oxygens (including phenoxy) is 3. The van der Waals surface area contributed by atoms with Gasteiger partial charge in [-0.1, -0.05) is 25.3 Å². The molecule has 1 aromatic carbocycles. The van der Waals surface area contributed by atoms with E-state index in [0.29, 0.717) is 18.1 Å². The zero-order chi connectivity index (χ0) is 32.8. The number of carbonyl (C=O) groups is 3. The molecule has 2 fully saturated rings. The number of aromatic nitrogens is 2. The van der Waals surface area contributed by atoms with Gasteiger partial charge in [-0.05, 0) is 68.9 Å². The van der Waals surface area contributed by atoms with Crippen molar-refractivity contribution in [3.05, 3.63) is 59.2 Å². The molecular formula is C32H37F2N5O7. The molecule has 2 aromatic heterocycles. The number of rotatable bonds is 13. The predicted molar refractivity (Wildman–Crippen MR) is 160 cm³/mol. The Morgan fingerprint density at radius 1 is 1.04 bits per heavy atom. The summed E-state index contributed by atoms with van der Waals surface area (Å²) in [4.78, 5) is 48.3. The van der Waals surface area contributed by atoms with Gasteiger partial charge in [0.15, 0.2) is 23.4 Å². The molecule has 0 radical (unpaired) electrons. The number of amides is 3. The van der Waals surface area contributed by atoms with Crippen molar-refractivity contribution >= 4 is 17.9 Å². The molecule has 2 saturated carbocycles. The summed E-state index contributed by atoms with van der Waals surface area (Å²) in [6.07, 6.45) is 5.13. The molecule has 2 aliphatic rings. The van der Waals surface area contributed by atoms with Gasteiger partial charge in [-0.25, -0.2) is 14.8 Å². The van der Waals surface area contributed by atoms with Crippen LogP contribution >= 0.6 is 0 Å². The van der Waals surface area contributed by atoms with Gasteiger partial charge in [-0.3, -0.25) is 9.59 Å². The van der Waals surface area contributed by atoms with Crippen molar-refractivity contribution in [2.24, 2.45) is 11.7 Å². The molecule has 3 amide bonds. The normalized spacial score (nSPS) is 15.7. The number of halogens is 2. The van der Waals surface area contributed by atoms with E-state index in [0.717, 1.165) is 44.9 Å². The fourth-order valence-electron chi connectivity index (χ4n) is 5.35. The Kier molecular flexibility index (Phi) is 10.3. The summed E-state index contributed by atoms with van der Waals surface area (Å²) in [6, 6.07) is 9.06. The van der Waals surface area contributed by atoms with Gasteiger partial charge >= 0.3 is 12.7 Å². The van der Waals surface area contributed by atoms with Gasteiger partial charge in [0.05, 0.1) is 13.2 Å². The summed E-state index contributed by atoms with van der Waals surface area (Å²) in [7, 11) is 1.76. The maximum Gasteiger partial charge on any atom is 0.405 e. The monoisotopic (exact) mass is 641 g/mol. The van der Waals surface area contributed by atoms with E-state index in [1.54, 1.807) is 24.1 Å². The van der Waals surface area contributed by atoms with Crippen molar-refractivity contribution in [3.8, 4) is 23.0 Å². The van der Waals surface area contributed by atoms with E-state index in [9.17, 15) is 23.2 Å². The summed E-state index contributed by atoms with van der Waals surface area (Å²) in [5, 5.41) is 2.72. The van der Waals surface area contributed by atoms with Crippen LogP contribution in [0, 0.1) is 5.92 Å². The molecule has 0 spiro atoms. The van der Waals surface area contributed by atoms with Gasteiger partial charge < -0.3 is 34.6 Å². The number of pyridine rings is 1. The van der Waals surface area contributed by atoms with Crippen LogP contribution in [0.5, 0.6) is 11.5 Å². The largest absolute Gasteiger partial charge is 0.489 e. The van der Waals surface area contributed by atoms with Gasteiger partial charge in [0.25, 0.3) is 11.8 Å². The van der Waals surface area contributed by atoms with Crippen LogP contribution in [0.2, 0.25) is 0 Å². The van der Waals surface area contributed by atoms with Crippen molar-refractivity contribution in [1.82, 2.24) is 20.2 Å². The highest BCUT2D eigenvalue weighted by molar-refractivity contribution is 5.96. The molecule has 2 aliphatic carbocycles. The van der Waals surface area contributed by atoms with Crippen LogP contribution in [0.15, 0.2) is 40.8 Å². The first-order valence-electron chi connectivity index (χ1n) is 15.3. The molecule has 3 N–H and O–H groups in total. The molecule has 0 saturated heterocycles. The number of primary amides is 1. The minimum absolute atomic E-state index is 0.0293. The number of benzene rings is 1. The molecule has 2 heterocycles. The Morgan fingerprint density at radius 2 is 1.78 bits per heavy atom. The summed E-state index contributed by atoms with van der Waals surface area (Å²) >= 11 is 0. The molecule has 1 atom stereocenters. The Morgan fingerprint density at radius 3 is 2.48 bits per heavy atom. The third-order valence-electron chi connectivity index (χ3n) is 8.03. The molecule has 246 valence electrons. The van der Waals surface area contributed by atoms with Gasteiger partial charge in [0, 0.05) is 18.7 Å². The maximum absolute atomic E-state index is 13.1. The zero-order valence-corrected chi connectivity index (χ0v) is 25.7. The van der Waals surface area contributed by atoms with Crippen molar-refractivity contribution in [3.63, 3.8) is 0 Å². The number of carbonyl (C=O) groups excluding carboxylic acids is 3. The van der Waals surface area contributed by atoms with Crippen LogP contribution in [0.25, 0.3) is 11.5 Å². The maximum atomic E-state index is 13.1. The van der Waals surface area contributed by atoms with Crippen molar-refractivity contribution < 1.29 is 41.8 Å². The Hall–Kier alpha value is -4.75. The Labute approximate surface area is 264 Å². The predicted octanol–water partition coefficient (Wildman–Crippen LogP) is 5.62. The van der Waals surface area contributed by atoms with E-state index < -0.39 is 24.7 Å². The summed E-state index contributed by atoms with van der Waals surface area (Å²) in [5.41, 5.74) is 5.99. The third-order valence-corrected chi connectivity index (χ3v) is 8.03. The van der Waals surface area contributed by atoms with Crippen LogP contribution in [0.3, 0.4) is 0 Å². The second-order valence-corrected chi connectivity index (χ2v) is 11.5. The van der Waals surface area contributed by atoms with Gasteiger partial charge in [0.2, 0.25) is 5.89 Å². The smallest absolute Gasteiger partial charge is 0.405 e. The highest BCUT2D eigenvalue weighted by Crippen LogP contribution is 2.37. The first kappa shape index (κ1) is 32.6. The number of hydrogen-bond donors (Lipinski definition) is 2. The molecule has 5 rings (SSSR count). The molecule has 3 aromatic rings. The van der Waals surface area contributed by atoms with Gasteiger partial charge in [-0.15, -0.1) is 0 Å². The van der Waals surface area contributed by atoms with Gasteiger partial charge in [-0.2, -0.15) is 8.78 Å². The van der Waals surface area contributed by atoms with Crippen LogP contribution in [-0.2, 0) is 11.3 Å². The summed E-state index contributed by atoms with van der Waals surface area (Å²) in [6.45, 7) is -1.35. The molecule has 0 bridgehead atoms. The fourth-order valence-corrected chi connectivity index (χ4v) is 5.35. The number of nitrogens with zero attached hydrogens (tertiary/aromatic N) is 3. The second-order valence-electron chi connectivity index (χ2n) is 11.5. The number of nitrogens with one attached hydrogen (secondary N) is 1. The molecule has 0 aliphatic heterocycles. The minimum atomic E-state index is -3.05. The van der Waals surface area contributed by atoms with E-state index >= 15 is 0 Å². The van der Waals surface area contributed by atoms with Crippen LogP contribution in [0.4, 0.5) is 13.6 Å². The average Bonchev–Trinajstić information content (AvgIpc) is 3.78. The van der Waals surface area contributed by atoms with Crippen LogP contribution < -0.4 is 20.5 Å². The molecule has 46 heavy (non-hydrogen) atoms. The van der Waals surface area contributed by atoms with Crippen LogP contribution in [0.1, 0.15) is 90.4 Å². The van der Waals surface area contributed by atoms with E-state index in [2.05, 4.69) is 20.0 Å². The second kappa shape index (κ2) is 14.6. The number of hydrogen-bond acceptors (Lipinski definition) is 9. The molecule has 12 nitrogen and oxygen atoms in total. The average molecular weight is 642 g/mol. The SMILES string of the molecule is CC(OC(N)=O)c1oc(-c2ccc(OC(F)F)c(OCC3CC3)c2)nc1CNC(=O)c1cccc(C(=O)N(C)C2CCCCC2)n1. The van der Waals surface area contributed by atoms with E-state index in [-0.39, 0.29) is 58.7 Å². The topological polar surface area (TPSA) is 159 Å². The standard InChI is InChI=1S/C32H37F2N5O7/c1-18(44-32(35)42)27-24(38-29(46-27)20-13-14-25(45-31(33)34)26(15-20)43-17-19-11-12-19)16-36-28(40)22-9-6-10-23(37-22)30(41)39(2)21-7-4-3-5-8-21/h6,9-10,13-15,18-19,21,31H,3-5,7-8,11-12,16-17H2,1-2H3,(H2,35,42)(H,36,40). The molecule has 14 heteroatoms. The van der Waals surface area contributed by atoms with E-state index in [4.69, 9.17) is 19.6 Å². The lowest BCUT2D eigenvalue weighted by atomic mass is 9.94. The third kappa shape index (κ3) is 8.29. The Balaban J connectivity index is 1.34. The number of nitrogens with two attached hydrogens (primary N) is 1. The molecular weight excluding hydrogens is 604 g/mol. The number of oxazole rings is 1. The summed E-state index contributed by atoms with van der Waals surface area (Å²) in [5.74, 6) is -0.364. The minimum Gasteiger partial charge on any atom is -0.489 e. The van der Waals surface area contributed by atoms with E-state index in [1.807, 2.05) is 0 Å². The van der Waals surface area contributed by atoms with E-state index in [1.165, 1.54) is 31.2 Å². The quantitative estimate of drug-likeness (QED) is 0.242.